The van der Waals surface area contributed by atoms with Crippen molar-refractivity contribution >= 4 is 27.5 Å². The van der Waals surface area contributed by atoms with Gasteiger partial charge in [-0.1, -0.05) is 71.9 Å². The number of hydrogen-bond acceptors (Lipinski definition) is 7. The zero-order valence-corrected chi connectivity index (χ0v) is 25.9. The molecule has 0 bridgehead atoms. The molecule has 0 radical (unpaired) electrons. The standard InChI is InChI=1S/C32H30FN5O4S2/c1-21-17-22(2)30(23(3)18-21)44(41,42)36-29(19-24-7-5-4-6-8-24)31-34-35-32(43-20-25-9-11-26(33)12-10-25)37(31)27-13-15-28(16-14-27)38(39)40/h4-18,29,36H,19-20H2,1-3H3. The minimum atomic E-state index is -4.04. The Morgan fingerprint density at radius 3 is 2.16 bits per heavy atom. The van der Waals surface area contributed by atoms with Gasteiger partial charge in [-0.05, 0) is 73.7 Å². The quantitative estimate of drug-likeness (QED) is 0.0968. The van der Waals surface area contributed by atoms with E-state index in [2.05, 4.69) is 14.9 Å². The first kappa shape index (κ1) is 31.0. The van der Waals surface area contributed by atoms with Gasteiger partial charge < -0.3 is 0 Å². The van der Waals surface area contributed by atoms with E-state index < -0.39 is 21.0 Å². The molecule has 0 amide bonds. The van der Waals surface area contributed by atoms with Gasteiger partial charge >= 0.3 is 0 Å². The molecule has 9 nitrogen and oxygen atoms in total. The summed E-state index contributed by atoms with van der Waals surface area (Å²) in [4.78, 5) is 11.1. The molecule has 44 heavy (non-hydrogen) atoms. The third kappa shape index (κ3) is 7.04. The van der Waals surface area contributed by atoms with Crippen LogP contribution in [-0.2, 0) is 22.2 Å². The maximum absolute atomic E-state index is 14.0. The minimum absolute atomic E-state index is 0.0873. The van der Waals surface area contributed by atoms with Gasteiger partial charge in [0.05, 0.1) is 15.9 Å². The lowest BCUT2D eigenvalue weighted by Gasteiger charge is -2.22. The van der Waals surface area contributed by atoms with Gasteiger partial charge in [-0.2, -0.15) is 0 Å². The molecule has 226 valence electrons. The summed E-state index contributed by atoms with van der Waals surface area (Å²) in [6.07, 6.45) is 0.262. The van der Waals surface area contributed by atoms with Gasteiger partial charge in [0.25, 0.3) is 5.69 Å². The lowest BCUT2D eigenvalue weighted by Crippen LogP contribution is -2.33. The summed E-state index contributed by atoms with van der Waals surface area (Å²) in [6, 6.07) is 24.3. The first-order valence-corrected chi connectivity index (χ1v) is 16.2. The molecule has 1 unspecified atom stereocenters. The maximum Gasteiger partial charge on any atom is 0.269 e. The molecule has 0 aliphatic rings. The van der Waals surface area contributed by atoms with Gasteiger partial charge in [0, 0.05) is 23.6 Å². The van der Waals surface area contributed by atoms with E-state index >= 15 is 0 Å². The predicted molar refractivity (Wildman–Crippen MR) is 168 cm³/mol. The third-order valence-corrected chi connectivity index (χ3v) is 9.80. The summed E-state index contributed by atoms with van der Waals surface area (Å²) < 4.78 is 46.1. The Hall–Kier alpha value is -4.39. The van der Waals surface area contributed by atoms with Crippen molar-refractivity contribution in [1.82, 2.24) is 19.5 Å². The average molecular weight is 632 g/mol. The second-order valence-corrected chi connectivity index (χ2v) is 13.0. The highest BCUT2D eigenvalue weighted by molar-refractivity contribution is 7.98. The highest BCUT2D eigenvalue weighted by atomic mass is 32.2. The fourth-order valence-corrected chi connectivity index (χ4v) is 7.73. The van der Waals surface area contributed by atoms with E-state index in [4.69, 9.17) is 0 Å². The molecule has 12 heteroatoms. The van der Waals surface area contributed by atoms with Crippen LogP contribution in [0.2, 0.25) is 0 Å². The number of sulfonamides is 1. The monoisotopic (exact) mass is 631 g/mol. The van der Waals surface area contributed by atoms with Gasteiger partial charge in [-0.3, -0.25) is 14.7 Å². The molecule has 4 aromatic carbocycles. The fourth-order valence-electron chi connectivity index (χ4n) is 5.17. The van der Waals surface area contributed by atoms with Crippen LogP contribution in [0.4, 0.5) is 10.1 Å². The molecule has 0 saturated carbocycles. The number of nitro groups is 1. The normalized spacial score (nSPS) is 12.3. The number of nitrogens with one attached hydrogen (secondary N) is 1. The lowest BCUT2D eigenvalue weighted by molar-refractivity contribution is -0.384. The first-order valence-electron chi connectivity index (χ1n) is 13.7. The van der Waals surface area contributed by atoms with Crippen LogP contribution in [0.1, 0.15) is 39.7 Å². The van der Waals surface area contributed by atoms with Crippen molar-refractivity contribution in [3.8, 4) is 5.69 Å². The topological polar surface area (TPSA) is 120 Å². The maximum atomic E-state index is 14.0. The van der Waals surface area contributed by atoms with E-state index in [0.717, 1.165) is 16.7 Å². The van der Waals surface area contributed by atoms with E-state index in [9.17, 15) is 22.9 Å². The number of nitro benzene ring substituents is 1. The smallest absolute Gasteiger partial charge is 0.269 e. The van der Waals surface area contributed by atoms with E-state index in [1.807, 2.05) is 49.4 Å². The highest BCUT2D eigenvalue weighted by Gasteiger charge is 2.30. The van der Waals surface area contributed by atoms with Crippen molar-refractivity contribution in [3.63, 3.8) is 0 Å². The number of aryl methyl sites for hydroxylation is 3. The Kier molecular flexibility index (Phi) is 9.23. The second-order valence-electron chi connectivity index (χ2n) is 10.5. The van der Waals surface area contributed by atoms with Gasteiger partial charge in [0.1, 0.15) is 5.82 Å². The highest BCUT2D eigenvalue weighted by Crippen LogP contribution is 2.31. The van der Waals surface area contributed by atoms with Crippen molar-refractivity contribution in [1.29, 1.82) is 0 Å². The van der Waals surface area contributed by atoms with Crippen LogP contribution in [-0.4, -0.2) is 28.1 Å². The zero-order valence-electron chi connectivity index (χ0n) is 24.3. The average Bonchev–Trinajstić information content (AvgIpc) is 3.40. The molecule has 1 heterocycles. The number of hydrogen-bond donors (Lipinski definition) is 1. The van der Waals surface area contributed by atoms with Crippen molar-refractivity contribution in [2.24, 2.45) is 0 Å². The lowest BCUT2D eigenvalue weighted by atomic mass is 10.1. The van der Waals surface area contributed by atoms with E-state index in [-0.39, 0.29) is 22.8 Å². The van der Waals surface area contributed by atoms with Crippen molar-refractivity contribution in [3.05, 3.63) is 141 Å². The molecular formula is C32H30FN5O4S2. The Balaban J connectivity index is 1.61. The van der Waals surface area contributed by atoms with Crippen molar-refractivity contribution < 1.29 is 17.7 Å². The molecule has 1 aromatic heterocycles. The summed E-state index contributed by atoms with van der Waals surface area (Å²) in [7, 11) is -4.04. The Morgan fingerprint density at radius 2 is 1.55 bits per heavy atom. The molecule has 0 fully saturated rings. The number of rotatable bonds is 11. The summed E-state index contributed by atoms with van der Waals surface area (Å²) in [5.41, 5.74) is 4.37. The van der Waals surface area contributed by atoms with Crippen LogP contribution in [0, 0.1) is 36.7 Å². The summed E-state index contributed by atoms with van der Waals surface area (Å²) in [6.45, 7) is 5.45. The van der Waals surface area contributed by atoms with E-state index in [0.29, 0.717) is 33.5 Å². The van der Waals surface area contributed by atoms with Gasteiger partial charge in [0.15, 0.2) is 11.0 Å². The van der Waals surface area contributed by atoms with Crippen LogP contribution in [0.15, 0.2) is 101 Å². The molecule has 0 aliphatic carbocycles. The van der Waals surface area contributed by atoms with Gasteiger partial charge in [-0.15, -0.1) is 10.2 Å². The number of nitrogens with zero attached hydrogens (tertiary/aromatic N) is 4. The van der Waals surface area contributed by atoms with Crippen LogP contribution in [0.5, 0.6) is 0 Å². The van der Waals surface area contributed by atoms with Crippen molar-refractivity contribution in [2.75, 3.05) is 0 Å². The SMILES string of the molecule is Cc1cc(C)c(S(=O)(=O)NC(Cc2ccccc2)c2nnc(SCc3ccc(F)cc3)n2-c2ccc([N+](=O)[O-])cc2)c(C)c1. The summed E-state index contributed by atoms with van der Waals surface area (Å²) in [5.74, 6) is 0.405. The molecule has 0 spiro atoms. The third-order valence-electron chi connectivity index (χ3n) is 7.02. The Bertz CT molecular complexity index is 1870. The number of non-ortho nitro benzene ring substituents is 1. The van der Waals surface area contributed by atoms with E-state index in [1.54, 1.807) is 42.7 Å². The molecule has 0 aliphatic heterocycles. The Morgan fingerprint density at radius 1 is 0.909 bits per heavy atom. The van der Waals surface area contributed by atoms with Crippen molar-refractivity contribution in [2.45, 2.75) is 49.0 Å². The van der Waals surface area contributed by atoms with Crippen LogP contribution < -0.4 is 4.72 Å². The molecular weight excluding hydrogens is 602 g/mol. The second kappa shape index (κ2) is 13.1. The Labute approximate surface area is 259 Å². The number of aromatic nitrogens is 3. The van der Waals surface area contributed by atoms with Crippen LogP contribution >= 0.6 is 11.8 Å². The largest absolute Gasteiger partial charge is 0.273 e. The number of benzene rings is 4. The van der Waals surface area contributed by atoms with Crippen LogP contribution in [0.25, 0.3) is 5.69 Å². The molecule has 0 saturated heterocycles. The molecule has 5 rings (SSSR count). The number of halogens is 1. The van der Waals surface area contributed by atoms with Crippen LogP contribution in [0.3, 0.4) is 0 Å². The van der Waals surface area contributed by atoms with E-state index in [1.165, 1.54) is 36.0 Å². The van der Waals surface area contributed by atoms with Gasteiger partial charge in [-0.25, -0.2) is 17.5 Å². The molecule has 1 N–H and O–H groups in total. The zero-order chi connectivity index (χ0) is 31.4. The number of thioether (sulfide) groups is 1. The first-order chi connectivity index (χ1) is 21.0. The molecule has 1 atom stereocenters. The summed E-state index contributed by atoms with van der Waals surface area (Å²) in [5, 5.41) is 20.7. The fraction of sp³-hybridized carbons (Fsp3) is 0.188. The molecule has 5 aromatic rings. The minimum Gasteiger partial charge on any atom is -0.273 e. The van der Waals surface area contributed by atoms with Gasteiger partial charge in [0.2, 0.25) is 10.0 Å². The summed E-state index contributed by atoms with van der Waals surface area (Å²) >= 11 is 1.33. The predicted octanol–water partition coefficient (Wildman–Crippen LogP) is 6.79.